The second kappa shape index (κ2) is 13.2. The number of thiophene rings is 1. The SMILES string of the molecule is CC1(C)c2ccccc2-c2ccc(N(c3ccc4oc5c(-c6ccc7c8ccccc8c8ccccc8c7c6)c6ccccc6cc5c4c3)c3cccc4c3sc3ccccc34)cc21. The van der Waals surface area contributed by atoms with Gasteiger partial charge in [0.25, 0.3) is 0 Å². The monoisotopic (exact) mass is 833 g/mol. The molecule has 0 saturated carbocycles. The molecule has 0 bridgehead atoms. The van der Waals surface area contributed by atoms with Crippen molar-refractivity contribution in [3.8, 4) is 22.3 Å². The first-order chi connectivity index (χ1) is 31.5. The largest absolute Gasteiger partial charge is 0.455 e. The van der Waals surface area contributed by atoms with E-state index in [4.69, 9.17) is 4.42 Å². The van der Waals surface area contributed by atoms with Crippen LogP contribution in [0.4, 0.5) is 17.1 Å². The number of anilines is 3. The van der Waals surface area contributed by atoms with Crippen LogP contribution in [0.25, 0.3) is 107 Å². The summed E-state index contributed by atoms with van der Waals surface area (Å²) < 4.78 is 9.64. The number of rotatable bonds is 4. The summed E-state index contributed by atoms with van der Waals surface area (Å²) >= 11 is 1.87. The first-order valence-electron chi connectivity index (χ1n) is 22.2. The second-order valence-corrected chi connectivity index (χ2v) is 19.0. The van der Waals surface area contributed by atoms with Crippen molar-refractivity contribution < 1.29 is 4.42 Å². The van der Waals surface area contributed by atoms with Gasteiger partial charge in [0.2, 0.25) is 0 Å². The summed E-state index contributed by atoms with van der Waals surface area (Å²) in [6, 6.07) is 74.1. The van der Waals surface area contributed by atoms with Crippen molar-refractivity contribution in [2.75, 3.05) is 4.90 Å². The average Bonchev–Trinajstić information content (AvgIpc) is 3.98. The molecule has 13 aromatic rings. The van der Waals surface area contributed by atoms with Crippen LogP contribution in [0.15, 0.2) is 205 Å². The van der Waals surface area contributed by atoms with Gasteiger partial charge in [0.05, 0.1) is 10.4 Å². The van der Waals surface area contributed by atoms with Gasteiger partial charge in [-0.15, -0.1) is 11.3 Å². The summed E-state index contributed by atoms with van der Waals surface area (Å²) in [4.78, 5) is 2.48. The van der Waals surface area contributed by atoms with Crippen LogP contribution in [-0.2, 0) is 5.41 Å². The molecule has 0 unspecified atom stereocenters. The molecular weight excluding hydrogens is 795 g/mol. The third-order valence-electron chi connectivity index (χ3n) is 14.2. The van der Waals surface area contributed by atoms with Gasteiger partial charge >= 0.3 is 0 Å². The summed E-state index contributed by atoms with van der Waals surface area (Å²) in [5.41, 5.74) is 12.7. The Morgan fingerprint density at radius 1 is 0.422 bits per heavy atom. The highest BCUT2D eigenvalue weighted by Gasteiger charge is 2.36. The number of furan rings is 1. The number of benzene rings is 11. The van der Waals surface area contributed by atoms with Crippen molar-refractivity contribution in [2.24, 2.45) is 0 Å². The van der Waals surface area contributed by atoms with Crippen LogP contribution in [0, 0.1) is 0 Å². The summed E-state index contributed by atoms with van der Waals surface area (Å²) in [5.74, 6) is 0. The minimum Gasteiger partial charge on any atom is -0.455 e. The van der Waals surface area contributed by atoms with E-state index in [9.17, 15) is 0 Å². The van der Waals surface area contributed by atoms with Crippen molar-refractivity contribution in [3.05, 3.63) is 211 Å². The first-order valence-corrected chi connectivity index (χ1v) is 23.0. The van der Waals surface area contributed by atoms with Crippen molar-refractivity contribution in [3.63, 3.8) is 0 Å². The molecular formula is C61H39NOS. The normalized spacial score (nSPS) is 13.3. The minimum atomic E-state index is -0.137. The van der Waals surface area contributed by atoms with Gasteiger partial charge in [0, 0.05) is 48.6 Å². The van der Waals surface area contributed by atoms with Crippen LogP contribution in [-0.4, -0.2) is 0 Å². The molecule has 2 heterocycles. The Morgan fingerprint density at radius 3 is 1.86 bits per heavy atom. The quantitative estimate of drug-likeness (QED) is 0.164. The Bertz CT molecular complexity index is 4090. The zero-order valence-electron chi connectivity index (χ0n) is 35.3. The van der Waals surface area contributed by atoms with E-state index in [0.29, 0.717) is 0 Å². The molecule has 0 amide bonds. The van der Waals surface area contributed by atoms with E-state index in [1.54, 1.807) is 0 Å². The van der Waals surface area contributed by atoms with E-state index in [1.807, 2.05) is 11.3 Å². The lowest BCUT2D eigenvalue weighted by Gasteiger charge is -2.28. The fraction of sp³-hybridized carbons (Fsp3) is 0.0492. The molecule has 2 aromatic heterocycles. The molecule has 3 heteroatoms. The van der Waals surface area contributed by atoms with Gasteiger partial charge in [-0.3, -0.25) is 0 Å². The minimum absolute atomic E-state index is 0.137. The predicted molar refractivity (Wildman–Crippen MR) is 274 cm³/mol. The topological polar surface area (TPSA) is 16.4 Å². The Labute approximate surface area is 373 Å². The van der Waals surface area contributed by atoms with Gasteiger partial charge < -0.3 is 9.32 Å². The summed E-state index contributed by atoms with van der Waals surface area (Å²) in [5, 5.41) is 14.7. The maximum absolute atomic E-state index is 7.08. The lowest BCUT2D eigenvalue weighted by Crippen LogP contribution is -2.16. The molecule has 64 heavy (non-hydrogen) atoms. The molecule has 0 saturated heterocycles. The second-order valence-electron chi connectivity index (χ2n) is 18.0. The molecule has 1 aliphatic rings. The van der Waals surface area contributed by atoms with Crippen LogP contribution in [0.3, 0.4) is 0 Å². The van der Waals surface area contributed by atoms with Crippen LogP contribution in [0.5, 0.6) is 0 Å². The van der Waals surface area contributed by atoms with Crippen LogP contribution in [0.2, 0.25) is 0 Å². The van der Waals surface area contributed by atoms with Crippen molar-refractivity contribution in [1.82, 2.24) is 0 Å². The third kappa shape index (κ3) is 4.96. The molecule has 0 atom stereocenters. The Morgan fingerprint density at radius 2 is 1.05 bits per heavy atom. The van der Waals surface area contributed by atoms with Gasteiger partial charge in [-0.25, -0.2) is 0 Å². The molecule has 0 N–H and O–H groups in total. The smallest absolute Gasteiger partial charge is 0.143 e. The van der Waals surface area contributed by atoms with E-state index < -0.39 is 0 Å². The highest BCUT2D eigenvalue weighted by Crippen LogP contribution is 2.53. The van der Waals surface area contributed by atoms with Gasteiger partial charge in [-0.05, 0) is 126 Å². The molecule has 300 valence electrons. The van der Waals surface area contributed by atoms with Gasteiger partial charge in [-0.2, -0.15) is 0 Å². The van der Waals surface area contributed by atoms with Gasteiger partial charge in [-0.1, -0.05) is 159 Å². The van der Waals surface area contributed by atoms with E-state index in [-0.39, 0.29) is 5.41 Å². The molecule has 14 rings (SSSR count). The van der Waals surface area contributed by atoms with Gasteiger partial charge in [0.15, 0.2) is 0 Å². The van der Waals surface area contributed by atoms with E-state index >= 15 is 0 Å². The predicted octanol–water partition coefficient (Wildman–Crippen LogP) is 18.0. The molecule has 0 radical (unpaired) electrons. The molecule has 0 spiro atoms. The standard InChI is InChI=1S/C61H39NOS/c1-61(2)53-23-11-9-20-46(53)47-30-27-39(35-54(47)61)62(55-24-13-22-49-48-21-10-12-25-57(48)64-60(49)55)38-28-31-56-51(34-38)52-32-36-14-3-4-15-40(36)58(59(52)63-56)37-26-29-45-43-18-6-5-16-41(43)42-17-7-8-19-44(42)50(45)33-37/h3-35H,1-2H3. The summed E-state index contributed by atoms with van der Waals surface area (Å²) in [7, 11) is 0. The van der Waals surface area contributed by atoms with Crippen LogP contribution < -0.4 is 4.90 Å². The maximum atomic E-state index is 7.08. The van der Waals surface area contributed by atoms with E-state index in [2.05, 4.69) is 219 Å². The third-order valence-corrected chi connectivity index (χ3v) is 15.4. The van der Waals surface area contributed by atoms with Crippen molar-refractivity contribution >= 4 is 114 Å². The van der Waals surface area contributed by atoms with E-state index in [0.717, 1.165) is 44.4 Å². The molecule has 0 fully saturated rings. The summed E-state index contributed by atoms with van der Waals surface area (Å²) in [6.45, 7) is 4.73. The van der Waals surface area contributed by atoms with Gasteiger partial charge in [0.1, 0.15) is 11.2 Å². The Balaban J connectivity index is 1.02. The number of hydrogen-bond acceptors (Lipinski definition) is 3. The molecule has 2 nitrogen and oxygen atoms in total. The molecule has 11 aromatic carbocycles. The Hall–Kier alpha value is -7.72. The summed E-state index contributed by atoms with van der Waals surface area (Å²) in [6.07, 6.45) is 0. The lowest BCUT2D eigenvalue weighted by atomic mass is 9.82. The Kier molecular flexibility index (Phi) is 7.36. The number of nitrogens with zero attached hydrogens (tertiary/aromatic N) is 1. The number of hydrogen-bond donors (Lipinski definition) is 0. The van der Waals surface area contributed by atoms with Crippen LogP contribution >= 0.6 is 11.3 Å². The lowest BCUT2D eigenvalue weighted by molar-refractivity contribution is 0.660. The average molecular weight is 834 g/mol. The van der Waals surface area contributed by atoms with Crippen molar-refractivity contribution in [2.45, 2.75) is 19.3 Å². The zero-order chi connectivity index (χ0) is 42.3. The zero-order valence-corrected chi connectivity index (χ0v) is 36.1. The van der Waals surface area contributed by atoms with Crippen molar-refractivity contribution in [1.29, 1.82) is 0 Å². The fourth-order valence-corrected chi connectivity index (χ4v) is 12.4. The first kappa shape index (κ1) is 35.8. The highest BCUT2D eigenvalue weighted by molar-refractivity contribution is 7.26. The number of fused-ring (bicyclic) bond motifs is 16. The van der Waals surface area contributed by atoms with Crippen LogP contribution in [0.1, 0.15) is 25.0 Å². The molecule has 1 aliphatic carbocycles. The van der Waals surface area contributed by atoms with E-state index in [1.165, 1.54) is 91.2 Å². The highest BCUT2D eigenvalue weighted by atomic mass is 32.1. The molecule has 0 aliphatic heterocycles. The maximum Gasteiger partial charge on any atom is 0.143 e. The fourth-order valence-electron chi connectivity index (χ4n) is 11.2.